The minimum atomic E-state index is -1.45. The second-order valence-electron chi connectivity index (χ2n) is 16.9. The van der Waals surface area contributed by atoms with E-state index in [1.54, 1.807) is 0 Å². The average molecular weight is 577 g/mol. The molecule has 2 spiro atoms. The Kier molecular flexibility index (Phi) is 11.8. The molecule has 0 amide bonds. The molecule has 0 saturated heterocycles. The second-order valence-corrected chi connectivity index (χ2v) is 21.4. The molecule has 4 aliphatic carbocycles. The van der Waals surface area contributed by atoms with Crippen molar-refractivity contribution in [2.24, 2.45) is 22.7 Å². The molecule has 0 unspecified atom stereocenters. The van der Waals surface area contributed by atoms with Gasteiger partial charge in [0.15, 0.2) is 8.32 Å². The van der Waals surface area contributed by atoms with Crippen molar-refractivity contribution >= 4 is 19.9 Å². The van der Waals surface area contributed by atoms with Gasteiger partial charge in [0.05, 0.1) is 11.2 Å². The van der Waals surface area contributed by atoms with Crippen molar-refractivity contribution in [3.05, 3.63) is 0 Å². The molecule has 4 atom stereocenters. The highest BCUT2D eigenvalue weighted by Gasteiger charge is 2.43. The van der Waals surface area contributed by atoms with Crippen molar-refractivity contribution in [3.63, 3.8) is 0 Å². The average Bonchev–Trinajstić information content (AvgIpc) is 3.35. The quantitative estimate of drug-likeness (QED) is 0.263. The van der Waals surface area contributed by atoms with Crippen LogP contribution in [-0.4, -0.2) is 36.2 Å². The molecule has 0 radical (unpaired) electrons. The summed E-state index contributed by atoms with van der Waals surface area (Å²) in [7, 11) is -1.45. The predicted molar refractivity (Wildman–Crippen MR) is 169 cm³/mol. The Hall–Kier alpha value is -0.523. The smallest absolute Gasteiger partial charge is 0.184 e. The first kappa shape index (κ1) is 34.0. The van der Waals surface area contributed by atoms with Crippen LogP contribution in [0, 0.1) is 22.7 Å². The third-order valence-electron chi connectivity index (χ3n) is 10.5. The maximum absolute atomic E-state index is 11.8. The third kappa shape index (κ3) is 11.6. The largest absolute Gasteiger partial charge is 0.413 e. The molecule has 4 aliphatic rings. The van der Waals surface area contributed by atoms with Crippen LogP contribution in [0.5, 0.6) is 0 Å². The van der Waals surface area contributed by atoms with Gasteiger partial charge in [-0.15, -0.1) is 0 Å². The molecule has 5 heteroatoms. The van der Waals surface area contributed by atoms with Crippen LogP contribution in [0.4, 0.5) is 0 Å². The lowest BCUT2D eigenvalue weighted by atomic mass is 9.72. The summed E-state index contributed by atoms with van der Waals surface area (Å²) in [5.41, 5.74) is 0.303. The summed E-state index contributed by atoms with van der Waals surface area (Å²) in [6.07, 6.45) is 23.1. The molecule has 0 aromatic carbocycles. The van der Waals surface area contributed by atoms with Gasteiger partial charge in [-0.05, 0) is 147 Å². The zero-order valence-corrected chi connectivity index (χ0v) is 28.5. The Balaban J connectivity index is 0.000000225. The van der Waals surface area contributed by atoms with Gasteiger partial charge in [0.1, 0.15) is 11.6 Å². The number of hydrogen-bond donors (Lipinski definition) is 1. The number of hydrogen-bond acceptors (Lipinski definition) is 4. The summed E-state index contributed by atoms with van der Waals surface area (Å²) in [6.45, 7) is 15.1. The molecule has 1 N–H and O–H groups in total. The molecule has 0 aromatic heterocycles. The summed E-state index contributed by atoms with van der Waals surface area (Å²) in [6, 6.07) is 0. The van der Waals surface area contributed by atoms with Crippen molar-refractivity contribution in [2.75, 3.05) is 0 Å². The van der Waals surface area contributed by atoms with E-state index >= 15 is 0 Å². The summed E-state index contributed by atoms with van der Waals surface area (Å²) < 4.78 is 6.31. The minimum Gasteiger partial charge on any atom is -0.413 e. The lowest BCUT2D eigenvalue weighted by molar-refractivity contribution is -0.124. The van der Waals surface area contributed by atoms with Gasteiger partial charge >= 0.3 is 0 Å². The van der Waals surface area contributed by atoms with Crippen LogP contribution in [0.3, 0.4) is 0 Å². The highest BCUT2D eigenvalue weighted by atomic mass is 28.4. The third-order valence-corrected chi connectivity index (χ3v) is 11.6. The number of Topliss-reactive ketones (excluding diaryl/α,β-unsaturated/α-hetero) is 2. The van der Waals surface area contributed by atoms with Gasteiger partial charge in [0, 0.05) is 25.7 Å². The molecule has 0 bridgehead atoms. The van der Waals surface area contributed by atoms with Crippen LogP contribution >= 0.6 is 0 Å². The fourth-order valence-electron chi connectivity index (χ4n) is 8.95. The maximum atomic E-state index is 11.8. The number of carbonyl (C=O) groups is 2. The summed E-state index contributed by atoms with van der Waals surface area (Å²) >= 11 is 0. The maximum Gasteiger partial charge on any atom is 0.184 e. The second kappa shape index (κ2) is 13.8. The van der Waals surface area contributed by atoms with Gasteiger partial charge < -0.3 is 9.53 Å². The van der Waals surface area contributed by atoms with E-state index in [2.05, 4.69) is 33.5 Å². The summed E-state index contributed by atoms with van der Waals surface area (Å²) in [5.74, 6) is 2.68. The number of rotatable bonds is 10. The van der Waals surface area contributed by atoms with E-state index in [1.165, 1.54) is 77.0 Å². The van der Waals surface area contributed by atoms with Crippen molar-refractivity contribution in [1.82, 2.24) is 0 Å². The number of carbonyl (C=O) groups excluding carboxylic acids is 2. The van der Waals surface area contributed by atoms with Crippen molar-refractivity contribution < 1.29 is 19.1 Å². The van der Waals surface area contributed by atoms with Crippen LogP contribution in [0.1, 0.15) is 156 Å². The summed E-state index contributed by atoms with van der Waals surface area (Å²) in [4.78, 5) is 23.4. The topological polar surface area (TPSA) is 63.6 Å². The van der Waals surface area contributed by atoms with Crippen LogP contribution in [0.15, 0.2) is 0 Å². The summed E-state index contributed by atoms with van der Waals surface area (Å²) in [5, 5.41) is 9.72. The zero-order valence-electron chi connectivity index (χ0n) is 27.5. The van der Waals surface area contributed by atoms with Crippen molar-refractivity contribution in [3.8, 4) is 0 Å². The molecule has 4 nitrogen and oxygen atoms in total. The molecule has 232 valence electrons. The van der Waals surface area contributed by atoms with Gasteiger partial charge in [-0.1, -0.05) is 25.7 Å². The monoisotopic (exact) mass is 576 g/mol. The Morgan fingerprint density at radius 3 is 1.62 bits per heavy atom. The van der Waals surface area contributed by atoms with Gasteiger partial charge in [-0.25, -0.2) is 0 Å². The molecule has 0 aromatic rings. The van der Waals surface area contributed by atoms with E-state index in [-0.39, 0.29) is 5.60 Å². The first-order valence-corrected chi connectivity index (χ1v) is 20.3. The number of aliphatic hydroxyl groups is 1. The Morgan fingerprint density at radius 1 is 0.775 bits per heavy atom. The fourth-order valence-corrected chi connectivity index (χ4v) is 10.7. The van der Waals surface area contributed by atoms with E-state index in [0.29, 0.717) is 22.4 Å². The molecule has 0 heterocycles. The minimum absolute atomic E-state index is 0.0293. The van der Waals surface area contributed by atoms with Crippen LogP contribution in [0.2, 0.25) is 19.6 Å². The van der Waals surface area contributed by atoms with Crippen LogP contribution in [-0.2, 0) is 14.0 Å². The fraction of sp³-hybridized carbons (Fsp3) is 0.943. The normalized spacial score (nSPS) is 31.6. The first-order chi connectivity index (χ1) is 18.5. The van der Waals surface area contributed by atoms with E-state index in [0.717, 1.165) is 63.2 Å². The predicted octanol–water partition coefficient (Wildman–Crippen LogP) is 9.57. The van der Waals surface area contributed by atoms with E-state index in [4.69, 9.17) is 4.43 Å². The highest BCUT2D eigenvalue weighted by molar-refractivity contribution is 6.69. The SMILES string of the molecule is CC(C)(CCC[C@@H]1CC[C@@]2(CCCC(=O)C2)C1)O[Si](C)(C)C.CC(C)(O)CCC[C@@H]1CC[C@@]2(CCCC(=O)C2)C1. The van der Waals surface area contributed by atoms with Crippen molar-refractivity contribution in [1.29, 1.82) is 0 Å². The molecule has 0 aliphatic heterocycles. The van der Waals surface area contributed by atoms with E-state index < -0.39 is 13.9 Å². The van der Waals surface area contributed by atoms with E-state index in [9.17, 15) is 14.7 Å². The Bertz CT molecular complexity index is 837. The van der Waals surface area contributed by atoms with Gasteiger partial charge in [0.25, 0.3) is 0 Å². The molecule has 4 rings (SSSR count). The van der Waals surface area contributed by atoms with Crippen molar-refractivity contribution in [2.45, 2.75) is 187 Å². The number of ketones is 2. The highest BCUT2D eigenvalue weighted by Crippen LogP contribution is 2.52. The lowest BCUT2D eigenvalue weighted by Gasteiger charge is -2.34. The van der Waals surface area contributed by atoms with Crippen LogP contribution < -0.4 is 0 Å². The van der Waals surface area contributed by atoms with E-state index in [1.807, 2.05) is 13.8 Å². The van der Waals surface area contributed by atoms with Gasteiger partial charge in [0.2, 0.25) is 0 Å². The lowest BCUT2D eigenvalue weighted by Crippen LogP contribution is -2.38. The van der Waals surface area contributed by atoms with Gasteiger partial charge in [-0.2, -0.15) is 0 Å². The Labute approximate surface area is 248 Å². The van der Waals surface area contributed by atoms with Gasteiger partial charge in [-0.3, -0.25) is 9.59 Å². The zero-order chi connectivity index (χ0) is 29.7. The first-order valence-electron chi connectivity index (χ1n) is 16.9. The molecule has 40 heavy (non-hydrogen) atoms. The Morgan fingerprint density at radius 2 is 1.23 bits per heavy atom. The standard InChI is InChI=1S/C19H36O2Si.C16H28O2/c1-18(2,21-22(3,4)5)11-6-8-16-10-13-19(14-16)12-7-9-17(20)15-19;1-15(2,18)8-3-5-13-7-10-16(11-13)9-4-6-14(17)12-16/h16H,6-15H2,1-5H3;13,18H,3-12H2,1-2H3/t16-,19+;13-,16+/m11/s1. The molecule has 4 fully saturated rings. The van der Waals surface area contributed by atoms with Crippen LogP contribution in [0.25, 0.3) is 0 Å². The molecule has 4 saturated carbocycles. The molecular formula is C35H64O4Si. The molecular weight excluding hydrogens is 512 g/mol.